The molecule has 0 saturated heterocycles. The monoisotopic (exact) mass is 739 g/mol. The quantitative estimate of drug-likeness (QED) is 0.167. The highest BCUT2D eigenvalue weighted by Gasteiger charge is 2.49. The fourth-order valence-corrected chi connectivity index (χ4v) is 11.1. The molecule has 0 bridgehead atoms. The van der Waals surface area contributed by atoms with E-state index >= 15 is 0 Å². The van der Waals surface area contributed by atoms with Crippen LogP contribution in [0.15, 0.2) is 176 Å². The van der Waals surface area contributed by atoms with E-state index in [4.69, 9.17) is 0 Å². The van der Waals surface area contributed by atoms with Crippen LogP contribution in [0.25, 0.3) is 60.2 Å². The van der Waals surface area contributed by atoms with Crippen LogP contribution in [0.5, 0.6) is 0 Å². The van der Waals surface area contributed by atoms with Gasteiger partial charge < -0.3 is 14.3 Å². The number of benzene rings is 9. The lowest BCUT2D eigenvalue weighted by molar-refractivity contribution is 0.637. The number of hydrogen-bond donors (Lipinski definition) is 0. The molecule has 4 heteroatoms. The maximum Gasteiger partial charge on any atom is 0.333 e. The highest BCUT2D eigenvalue weighted by molar-refractivity contribution is 6.94. The Morgan fingerprint density at radius 3 is 1.97 bits per heavy atom. The molecule has 0 radical (unpaired) electrons. The van der Waals surface area contributed by atoms with E-state index in [-0.39, 0.29) is 12.3 Å². The Labute approximate surface area is 338 Å². The number of hydrogen-bond acceptors (Lipinski definition) is 2. The molecule has 9 aromatic carbocycles. The van der Waals surface area contributed by atoms with Gasteiger partial charge in [-0.1, -0.05) is 135 Å². The molecule has 0 fully saturated rings. The van der Waals surface area contributed by atoms with E-state index < -0.39 is 0 Å². The van der Waals surface area contributed by atoms with Gasteiger partial charge in [-0.05, 0) is 117 Å². The molecule has 10 aromatic rings. The van der Waals surface area contributed by atoms with Gasteiger partial charge in [0.15, 0.2) is 0 Å². The van der Waals surface area contributed by atoms with Crippen molar-refractivity contribution in [2.75, 3.05) is 9.71 Å². The Hall–Kier alpha value is -7.04. The molecule has 13 rings (SSSR count). The minimum atomic E-state index is -0.223. The molecular formula is C54H38BN3. The smallest absolute Gasteiger partial charge is 0.333 e. The van der Waals surface area contributed by atoms with Crippen LogP contribution in [0, 0.1) is 6.92 Å². The Kier molecular flexibility index (Phi) is 6.25. The van der Waals surface area contributed by atoms with Gasteiger partial charge in [0.25, 0.3) is 0 Å². The number of nitrogens with zero attached hydrogens (tertiary/aromatic N) is 3. The van der Waals surface area contributed by atoms with E-state index in [1.807, 2.05) is 0 Å². The summed E-state index contributed by atoms with van der Waals surface area (Å²) in [6.07, 6.45) is 0. The summed E-state index contributed by atoms with van der Waals surface area (Å²) in [5.74, 6) is 0. The Morgan fingerprint density at radius 1 is 0.552 bits per heavy atom. The van der Waals surface area contributed by atoms with E-state index in [0.29, 0.717) is 0 Å². The summed E-state index contributed by atoms with van der Waals surface area (Å²) in [5, 5.41) is 7.95. The molecule has 272 valence electrons. The van der Waals surface area contributed by atoms with Gasteiger partial charge in [0.05, 0.1) is 11.0 Å². The fourth-order valence-electron chi connectivity index (χ4n) is 11.1. The zero-order valence-corrected chi connectivity index (χ0v) is 32.7. The van der Waals surface area contributed by atoms with Gasteiger partial charge >= 0.3 is 6.85 Å². The van der Waals surface area contributed by atoms with Crippen LogP contribution in [-0.4, -0.2) is 11.4 Å². The van der Waals surface area contributed by atoms with E-state index in [9.17, 15) is 0 Å². The average molecular weight is 740 g/mol. The maximum atomic E-state index is 2.70. The van der Waals surface area contributed by atoms with Crippen LogP contribution >= 0.6 is 0 Å². The summed E-state index contributed by atoms with van der Waals surface area (Å²) in [4.78, 5) is 5.05. The Bertz CT molecular complexity index is 3340. The summed E-state index contributed by atoms with van der Waals surface area (Å²) in [6, 6.07) is 65.8. The van der Waals surface area contributed by atoms with Crippen molar-refractivity contribution < 1.29 is 0 Å². The summed E-state index contributed by atoms with van der Waals surface area (Å²) in [6.45, 7) is 7.04. The van der Waals surface area contributed by atoms with Crippen LogP contribution in [0.1, 0.15) is 30.5 Å². The van der Waals surface area contributed by atoms with Gasteiger partial charge in [0, 0.05) is 55.9 Å². The topological polar surface area (TPSA) is 11.4 Å². The highest BCUT2D eigenvalue weighted by Crippen LogP contribution is 2.55. The number of fused-ring (bicyclic) bond motifs is 9. The normalized spacial score (nSPS) is 14.2. The molecule has 0 atom stereocenters. The summed E-state index contributed by atoms with van der Waals surface area (Å²) < 4.78 is 2.70. The zero-order valence-electron chi connectivity index (χ0n) is 32.7. The lowest BCUT2D eigenvalue weighted by Crippen LogP contribution is -2.61. The van der Waals surface area contributed by atoms with Crippen molar-refractivity contribution in [3.63, 3.8) is 0 Å². The first kappa shape index (κ1) is 32.1. The number of aryl methyl sites for hydroxylation is 1. The van der Waals surface area contributed by atoms with Crippen molar-refractivity contribution in [3.8, 4) is 16.8 Å². The van der Waals surface area contributed by atoms with E-state index in [0.717, 1.165) is 17.1 Å². The van der Waals surface area contributed by atoms with E-state index in [2.05, 4.69) is 211 Å². The zero-order chi connectivity index (χ0) is 38.4. The van der Waals surface area contributed by atoms with Crippen LogP contribution < -0.4 is 20.6 Å². The first-order chi connectivity index (χ1) is 28.5. The van der Waals surface area contributed by atoms with Crippen molar-refractivity contribution in [2.24, 2.45) is 0 Å². The number of aromatic nitrogens is 1. The number of rotatable bonds is 4. The van der Waals surface area contributed by atoms with Crippen molar-refractivity contribution in [2.45, 2.75) is 26.2 Å². The predicted octanol–water partition coefficient (Wildman–Crippen LogP) is 12.7. The van der Waals surface area contributed by atoms with Crippen molar-refractivity contribution in [3.05, 3.63) is 193 Å². The summed E-state index contributed by atoms with van der Waals surface area (Å²) >= 11 is 0. The second-order valence-electron chi connectivity index (χ2n) is 16.9. The molecule has 1 aromatic heterocycles. The fraction of sp³-hybridized carbons (Fsp3) is 0.0741. The van der Waals surface area contributed by atoms with Crippen molar-refractivity contribution in [1.82, 2.24) is 4.57 Å². The first-order valence-electron chi connectivity index (χ1n) is 20.5. The van der Waals surface area contributed by atoms with Gasteiger partial charge in [-0.15, -0.1) is 0 Å². The molecule has 0 N–H and O–H groups in total. The molecular weight excluding hydrogens is 701 g/mol. The standard InChI is InChI=1S/C54H38BN3/c1-33-25-27-37(28-26-33)58-46-30-29-38(56(35-16-6-4-7-17-35)36-18-8-5-9-19-36)32-42(46)47-40-21-12-13-22-41(40)48-43-31-34-15-10-11-20-39(34)49-51(43)57-52-44(54(49,2)3)23-14-24-45(52)55(58)50(47)53(48)57/h4-32H,1-3H3. The molecule has 3 aliphatic rings. The molecule has 0 spiro atoms. The van der Waals surface area contributed by atoms with E-state index in [1.54, 1.807) is 0 Å². The van der Waals surface area contributed by atoms with Crippen LogP contribution in [-0.2, 0) is 5.41 Å². The first-order valence-corrected chi connectivity index (χ1v) is 20.5. The van der Waals surface area contributed by atoms with Crippen LogP contribution in [0.2, 0.25) is 0 Å². The third-order valence-electron chi connectivity index (χ3n) is 13.5. The summed E-state index contributed by atoms with van der Waals surface area (Å²) in [5.41, 5.74) is 19.0. The molecule has 58 heavy (non-hydrogen) atoms. The van der Waals surface area contributed by atoms with Crippen LogP contribution in [0.3, 0.4) is 0 Å². The largest absolute Gasteiger partial charge is 0.376 e. The van der Waals surface area contributed by atoms with Crippen molar-refractivity contribution >= 4 is 89.6 Å². The lowest BCUT2D eigenvalue weighted by atomic mass is 9.43. The average Bonchev–Trinajstić information content (AvgIpc) is 3.60. The minimum absolute atomic E-state index is 0.0407. The number of para-hydroxylation sites is 3. The van der Waals surface area contributed by atoms with Gasteiger partial charge in [-0.3, -0.25) is 0 Å². The lowest BCUT2D eigenvalue weighted by Gasteiger charge is -2.45. The van der Waals surface area contributed by atoms with E-state index in [1.165, 1.54) is 99.2 Å². The molecule has 0 amide bonds. The second-order valence-corrected chi connectivity index (χ2v) is 16.9. The third kappa shape index (κ3) is 3.99. The molecule has 4 heterocycles. The van der Waals surface area contributed by atoms with Gasteiger partial charge in [0.2, 0.25) is 0 Å². The molecule has 0 unspecified atom stereocenters. The maximum absolute atomic E-state index is 2.70. The van der Waals surface area contributed by atoms with Gasteiger partial charge in [0.1, 0.15) is 0 Å². The third-order valence-corrected chi connectivity index (χ3v) is 13.5. The van der Waals surface area contributed by atoms with Crippen molar-refractivity contribution in [1.29, 1.82) is 0 Å². The second kappa shape index (κ2) is 11.3. The predicted molar refractivity (Wildman–Crippen MR) is 246 cm³/mol. The van der Waals surface area contributed by atoms with Gasteiger partial charge in [-0.2, -0.15) is 0 Å². The molecule has 3 nitrogen and oxygen atoms in total. The number of anilines is 5. The van der Waals surface area contributed by atoms with Crippen LogP contribution in [0.4, 0.5) is 28.4 Å². The molecule has 0 saturated carbocycles. The Balaban J connectivity index is 1.24. The molecule has 0 aliphatic carbocycles. The van der Waals surface area contributed by atoms with Gasteiger partial charge in [-0.25, -0.2) is 0 Å². The highest BCUT2D eigenvalue weighted by atomic mass is 15.1. The summed E-state index contributed by atoms with van der Waals surface area (Å²) in [7, 11) is 0. The minimum Gasteiger partial charge on any atom is -0.376 e. The molecule has 3 aliphatic heterocycles. The Morgan fingerprint density at radius 2 is 1.22 bits per heavy atom. The SMILES string of the molecule is Cc1ccc(N2B3c4cccc5c4-n4c6c(c7ccccc7cc6c6c7ccccc7c(c3c64)-c3cc(N(c4ccccc4)c4ccccc4)ccc32)C5(C)C)cc1.